The summed E-state index contributed by atoms with van der Waals surface area (Å²) in [6, 6.07) is 10.2. The molecule has 1 amide bonds. The Bertz CT molecular complexity index is 402. The van der Waals surface area contributed by atoms with Gasteiger partial charge in [0.25, 0.3) is 0 Å². The smallest absolute Gasteiger partial charge is 0.248 e. The Labute approximate surface area is 121 Å². The van der Waals surface area contributed by atoms with Crippen LogP contribution in [0.4, 0.5) is 0 Å². The van der Waals surface area contributed by atoms with E-state index in [1.54, 1.807) is 4.90 Å². The minimum absolute atomic E-state index is 0.0689. The molecule has 1 aromatic rings. The van der Waals surface area contributed by atoms with Gasteiger partial charge in [0, 0.05) is 13.6 Å². The van der Waals surface area contributed by atoms with E-state index in [9.17, 15) is 4.79 Å². The summed E-state index contributed by atoms with van der Waals surface area (Å²) >= 11 is 0. The van der Waals surface area contributed by atoms with Crippen LogP contribution in [0.15, 0.2) is 30.3 Å². The van der Waals surface area contributed by atoms with Crippen molar-refractivity contribution >= 4 is 5.91 Å². The van der Waals surface area contributed by atoms with E-state index in [4.69, 9.17) is 4.74 Å². The molecule has 0 saturated carbocycles. The summed E-state index contributed by atoms with van der Waals surface area (Å²) < 4.78 is 5.69. The van der Waals surface area contributed by atoms with Crippen LogP contribution in [0.2, 0.25) is 0 Å². The highest BCUT2D eigenvalue weighted by Crippen LogP contribution is 2.07. The third-order valence-electron chi connectivity index (χ3n) is 3.73. The SMILES string of the molecule is CN(CCc1ccccc1)C(=O)COC1CCNCC1. The van der Waals surface area contributed by atoms with Crippen molar-refractivity contribution in [3.63, 3.8) is 0 Å². The number of hydrogen-bond acceptors (Lipinski definition) is 3. The summed E-state index contributed by atoms with van der Waals surface area (Å²) in [5.74, 6) is 0.0689. The van der Waals surface area contributed by atoms with Gasteiger partial charge in [0.2, 0.25) is 5.91 Å². The number of amides is 1. The molecule has 0 aromatic heterocycles. The zero-order chi connectivity index (χ0) is 14.2. The first-order valence-corrected chi connectivity index (χ1v) is 7.36. The number of carbonyl (C=O) groups is 1. The van der Waals surface area contributed by atoms with E-state index in [0.717, 1.165) is 38.9 Å². The topological polar surface area (TPSA) is 41.6 Å². The molecule has 2 rings (SSSR count). The van der Waals surface area contributed by atoms with Crippen LogP contribution in [0.25, 0.3) is 0 Å². The molecule has 0 atom stereocenters. The summed E-state index contributed by atoms with van der Waals surface area (Å²) in [5.41, 5.74) is 1.26. The van der Waals surface area contributed by atoms with E-state index in [-0.39, 0.29) is 18.6 Å². The highest BCUT2D eigenvalue weighted by Gasteiger charge is 2.16. The number of ether oxygens (including phenoxy) is 1. The maximum absolute atomic E-state index is 12.0. The van der Waals surface area contributed by atoms with Gasteiger partial charge in [-0.1, -0.05) is 30.3 Å². The van der Waals surface area contributed by atoms with Crippen molar-refractivity contribution in [3.05, 3.63) is 35.9 Å². The first-order chi connectivity index (χ1) is 9.75. The van der Waals surface area contributed by atoms with Gasteiger partial charge in [-0.2, -0.15) is 0 Å². The van der Waals surface area contributed by atoms with Crippen LogP contribution in [0.5, 0.6) is 0 Å². The minimum atomic E-state index is 0.0689. The second-order valence-corrected chi connectivity index (χ2v) is 5.31. The number of nitrogens with zero attached hydrogens (tertiary/aromatic N) is 1. The van der Waals surface area contributed by atoms with E-state index < -0.39 is 0 Å². The molecule has 1 aliphatic rings. The van der Waals surface area contributed by atoms with E-state index in [1.165, 1.54) is 5.56 Å². The molecule has 20 heavy (non-hydrogen) atoms. The zero-order valence-corrected chi connectivity index (χ0v) is 12.2. The molecular formula is C16H24N2O2. The average Bonchev–Trinajstić information content (AvgIpc) is 2.52. The molecule has 4 nitrogen and oxygen atoms in total. The van der Waals surface area contributed by atoms with Crippen LogP contribution in [0.1, 0.15) is 18.4 Å². The molecule has 0 spiro atoms. The summed E-state index contributed by atoms with van der Waals surface area (Å²) in [6.45, 7) is 2.92. The number of benzene rings is 1. The van der Waals surface area contributed by atoms with Crippen LogP contribution in [-0.4, -0.2) is 50.2 Å². The standard InChI is InChI=1S/C16H24N2O2/c1-18(12-9-14-5-3-2-4-6-14)16(19)13-20-15-7-10-17-11-8-15/h2-6,15,17H,7-13H2,1H3. The molecule has 0 aliphatic carbocycles. The average molecular weight is 276 g/mol. The molecule has 0 radical (unpaired) electrons. The molecule has 1 saturated heterocycles. The van der Waals surface area contributed by atoms with Crippen molar-refractivity contribution in [3.8, 4) is 0 Å². The summed E-state index contributed by atoms with van der Waals surface area (Å²) in [5, 5.41) is 3.29. The van der Waals surface area contributed by atoms with Crippen molar-refractivity contribution < 1.29 is 9.53 Å². The van der Waals surface area contributed by atoms with E-state index in [1.807, 2.05) is 25.2 Å². The monoisotopic (exact) mass is 276 g/mol. The lowest BCUT2D eigenvalue weighted by molar-refractivity contribution is -0.137. The second-order valence-electron chi connectivity index (χ2n) is 5.31. The second kappa shape index (κ2) is 8.02. The van der Waals surface area contributed by atoms with E-state index in [2.05, 4.69) is 17.4 Å². The van der Waals surface area contributed by atoms with Crippen LogP contribution in [-0.2, 0) is 16.0 Å². The number of rotatable bonds is 6. The Morgan fingerprint density at radius 2 is 2.00 bits per heavy atom. The third-order valence-corrected chi connectivity index (χ3v) is 3.73. The van der Waals surface area contributed by atoms with Crippen LogP contribution in [0, 0.1) is 0 Å². The Kier molecular flexibility index (Phi) is 6.02. The van der Waals surface area contributed by atoms with Gasteiger partial charge in [0.1, 0.15) is 6.61 Å². The van der Waals surface area contributed by atoms with Crippen LogP contribution < -0.4 is 5.32 Å². The molecule has 0 unspecified atom stereocenters. The Hall–Kier alpha value is -1.39. The van der Waals surface area contributed by atoms with Crippen molar-refractivity contribution in [1.29, 1.82) is 0 Å². The predicted octanol–water partition coefficient (Wildman–Crippen LogP) is 1.46. The van der Waals surface area contributed by atoms with E-state index in [0.29, 0.717) is 0 Å². The normalized spacial score (nSPS) is 16.1. The zero-order valence-electron chi connectivity index (χ0n) is 12.2. The highest BCUT2D eigenvalue weighted by molar-refractivity contribution is 5.77. The fraction of sp³-hybridized carbons (Fsp3) is 0.562. The first kappa shape index (κ1) is 15.0. The molecule has 4 heteroatoms. The van der Waals surface area contributed by atoms with Gasteiger partial charge in [-0.3, -0.25) is 4.79 Å². The third kappa shape index (κ3) is 4.94. The van der Waals surface area contributed by atoms with Crippen LogP contribution >= 0.6 is 0 Å². The van der Waals surface area contributed by atoms with Gasteiger partial charge < -0.3 is 15.0 Å². The minimum Gasteiger partial charge on any atom is -0.368 e. The maximum atomic E-state index is 12.0. The van der Waals surface area contributed by atoms with Gasteiger partial charge >= 0.3 is 0 Å². The van der Waals surface area contributed by atoms with Crippen LogP contribution in [0.3, 0.4) is 0 Å². The fourth-order valence-corrected chi connectivity index (χ4v) is 2.33. The summed E-state index contributed by atoms with van der Waals surface area (Å²) in [6.07, 6.45) is 3.13. The number of likely N-dealkylation sites (N-methyl/N-ethyl adjacent to an activating group) is 1. The van der Waals surface area contributed by atoms with Crippen molar-refractivity contribution in [2.24, 2.45) is 0 Å². The number of nitrogens with one attached hydrogen (secondary N) is 1. The highest BCUT2D eigenvalue weighted by atomic mass is 16.5. The maximum Gasteiger partial charge on any atom is 0.248 e. The Morgan fingerprint density at radius 1 is 1.30 bits per heavy atom. The molecule has 1 aliphatic heterocycles. The molecule has 0 bridgehead atoms. The van der Waals surface area contributed by atoms with Crippen molar-refractivity contribution in [2.75, 3.05) is 33.3 Å². The molecule has 110 valence electrons. The van der Waals surface area contributed by atoms with Gasteiger partial charge in [0.15, 0.2) is 0 Å². The molecular weight excluding hydrogens is 252 g/mol. The van der Waals surface area contributed by atoms with Gasteiger partial charge in [-0.25, -0.2) is 0 Å². The lowest BCUT2D eigenvalue weighted by Gasteiger charge is -2.24. The van der Waals surface area contributed by atoms with Crippen molar-refractivity contribution in [1.82, 2.24) is 10.2 Å². The number of piperidine rings is 1. The number of hydrogen-bond donors (Lipinski definition) is 1. The van der Waals surface area contributed by atoms with Crippen molar-refractivity contribution in [2.45, 2.75) is 25.4 Å². The lowest BCUT2D eigenvalue weighted by Crippen LogP contribution is -2.37. The fourth-order valence-electron chi connectivity index (χ4n) is 2.33. The Morgan fingerprint density at radius 3 is 2.70 bits per heavy atom. The Balaban J connectivity index is 1.66. The predicted molar refractivity (Wildman–Crippen MR) is 79.6 cm³/mol. The van der Waals surface area contributed by atoms with Gasteiger partial charge in [-0.05, 0) is 37.9 Å². The van der Waals surface area contributed by atoms with E-state index >= 15 is 0 Å². The lowest BCUT2D eigenvalue weighted by atomic mass is 10.1. The van der Waals surface area contributed by atoms with Gasteiger partial charge in [0.05, 0.1) is 6.10 Å². The molecule has 1 N–H and O–H groups in total. The summed E-state index contributed by atoms with van der Waals surface area (Å²) in [4.78, 5) is 13.8. The molecule has 1 heterocycles. The molecule has 1 fully saturated rings. The summed E-state index contributed by atoms with van der Waals surface area (Å²) in [7, 11) is 1.84. The first-order valence-electron chi connectivity index (χ1n) is 7.36. The largest absolute Gasteiger partial charge is 0.368 e. The molecule has 1 aromatic carbocycles. The quantitative estimate of drug-likeness (QED) is 0.855. The van der Waals surface area contributed by atoms with Gasteiger partial charge in [-0.15, -0.1) is 0 Å². The number of carbonyl (C=O) groups excluding carboxylic acids is 1.